The summed E-state index contributed by atoms with van der Waals surface area (Å²) >= 11 is 0. The van der Waals surface area contributed by atoms with Crippen LogP contribution in [0.5, 0.6) is 11.5 Å². The van der Waals surface area contributed by atoms with Crippen LogP contribution in [0.2, 0.25) is 0 Å². The first-order valence-electron chi connectivity index (χ1n) is 6.85. The van der Waals surface area contributed by atoms with Gasteiger partial charge in [-0.15, -0.1) is 0 Å². The zero-order valence-electron chi connectivity index (χ0n) is 12.4. The van der Waals surface area contributed by atoms with Crippen molar-refractivity contribution in [2.75, 3.05) is 26.8 Å². The van der Waals surface area contributed by atoms with Crippen molar-refractivity contribution in [2.45, 2.75) is 32.0 Å². The number of hydrogen-bond acceptors (Lipinski definition) is 5. The summed E-state index contributed by atoms with van der Waals surface area (Å²) in [6.45, 7) is 4.69. The average Bonchev–Trinajstić information content (AvgIpc) is 2.45. The fourth-order valence-electron chi connectivity index (χ4n) is 1.58. The average molecular weight is 283 g/mol. The normalized spacial score (nSPS) is 15.4. The Morgan fingerprint density at radius 2 is 2.05 bits per heavy atom. The smallest absolute Gasteiger partial charge is 0.123 e. The fourth-order valence-corrected chi connectivity index (χ4v) is 1.58. The van der Waals surface area contributed by atoms with Gasteiger partial charge in [-0.05, 0) is 25.5 Å². The van der Waals surface area contributed by atoms with Gasteiger partial charge in [-0.1, -0.05) is 13.0 Å². The summed E-state index contributed by atoms with van der Waals surface area (Å²) in [7, 11) is 1.59. The largest absolute Gasteiger partial charge is 0.497 e. The van der Waals surface area contributed by atoms with E-state index in [1.165, 1.54) is 0 Å². The number of hydrogen-bond donors (Lipinski definition) is 3. The van der Waals surface area contributed by atoms with Crippen LogP contribution < -0.4 is 14.8 Å². The lowest BCUT2D eigenvalue weighted by atomic mass is 10.0. The molecule has 0 aliphatic heterocycles. The van der Waals surface area contributed by atoms with Crippen LogP contribution in [0.25, 0.3) is 0 Å². The first-order chi connectivity index (χ1) is 9.46. The molecule has 0 saturated heterocycles. The molecule has 3 N–H and O–H groups in total. The predicted octanol–water partition coefficient (Wildman–Crippen LogP) is 1.19. The van der Waals surface area contributed by atoms with Gasteiger partial charge in [0.05, 0.1) is 12.7 Å². The molecule has 2 atom stereocenters. The molecular formula is C15H25NO4. The first-order valence-corrected chi connectivity index (χ1v) is 6.85. The van der Waals surface area contributed by atoms with Crippen LogP contribution in [0.4, 0.5) is 0 Å². The lowest BCUT2D eigenvalue weighted by Crippen LogP contribution is -2.41. The van der Waals surface area contributed by atoms with Gasteiger partial charge < -0.3 is 25.0 Å². The van der Waals surface area contributed by atoms with E-state index in [1.54, 1.807) is 20.1 Å². The molecule has 5 nitrogen and oxygen atoms in total. The van der Waals surface area contributed by atoms with Crippen molar-refractivity contribution >= 4 is 0 Å². The van der Waals surface area contributed by atoms with Crippen molar-refractivity contribution in [1.29, 1.82) is 0 Å². The molecule has 1 aromatic carbocycles. The minimum atomic E-state index is -0.743. The summed E-state index contributed by atoms with van der Waals surface area (Å²) < 4.78 is 10.6. The van der Waals surface area contributed by atoms with Gasteiger partial charge in [-0.2, -0.15) is 0 Å². The van der Waals surface area contributed by atoms with Gasteiger partial charge >= 0.3 is 0 Å². The minimum Gasteiger partial charge on any atom is -0.497 e. The van der Waals surface area contributed by atoms with Crippen LogP contribution in [0.15, 0.2) is 24.3 Å². The molecule has 0 heterocycles. The molecule has 20 heavy (non-hydrogen) atoms. The zero-order valence-corrected chi connectivity index (χ0v) is 12.4. The molecule has 1 rings (SSSR count). The SMILES string of the molecule is CCC(C)(O)CNCC(O)COc1cccc(OC)c1. The standard InChI is InChI=1S/C15H25NO4/c1-4-15(2,18)11-16-9-12(17)10-20-14-7-5-6-13(8-14)19-3/h5-8,12,16-18H,4,9-11H2,1-3H3. The highest BCUT2D eigenvalue weighted by atomic mass is 16.5. The second-order valence-corrected chi connectivity index (χ2v) is 5.13. The highest BCUT2D eigenvalue weighted by molar-refractivity contribution is 5.32. The summed E-state index contributed by atoms with van der Waals surface area (Å²) in [5.74, 6) is 1.37. The molecule has 0 radical (unpaired) electrons. The molecule has 0 spiro atoms. The lowest BCUT2D eigenvalue weighted by molar-refractivity contribution is 0.0476. The van der Waals surface area contributed by atoms with E-state index in [4.69, 9.17) is 9.47 Å². The predicted molar refractivity (Wildman–Crippen MR) is 78.3 cm³/mol. The summed E-state index contributed by atoms with van der Waals surface area (Å²) in [4.78, 5) is 0. The van der Waals surface area contributed by atoms with Crippen LogP contribution in [-0.4, -0.2) is 48.7 Å². The first kappa shape index (κ1) is 16.8. The number of nitrogens with one attached hydrogen (secondary N) is 1. The van der Waals surface area contributed by atoms with Crippen molar-refractivity contribution in [3.05, 3.63) is 24.3 Å². The van der Waals surface area contributed by atoms with Gasteiger partial charge in [-0.25, -0.2) is 0 Å². The third kappa shape index (κ3) is 6.23. The van der Waals surface area contributed by atoms with Gasteiger partial charge in [0.2, 0.25) is 0 Å². The Kier molecular flexibility index (Phi) is 6.78. The minimum absolute atomic E-state index is 0.189. The maximum absolute atomic E-state index is 9.81. The highest BCUT2D eigenvalue weighted by Gasteiger charge is 2.17. The zero-order chi connectivity index (χ0) is 15.0. The molecule has 1 aromatic rings. The topological polar surface area (TPSA) is 71.0 Å². The van der Waals surface area contributed by atoms with E-state index in [9.17, 15) is 10.2 Å². The van der Waals surface area contributed by atoms with E-state index in [1.807, 2.05) is 25.1 Å². The van der Waals surface area contributed by atoms with Crippen molar-refractivity contribution in [3.63, 3.8) is 0 Å². The van der Waals surface area contributed by atoms with Crippen LogP contribution in [0.3, 0.4) is 0 Å². The third-order valence-electron chi connectivity index (χ3n) is 3.13. The second-order valence-electron chi connectivity index (χ2n) is 5.13. The number of aliphatic hydroxyl groups excluding tert-OH is 1. The Morgan fingerprint density at radius 1 is 1.35 bits per heavy atom. The van der Waals surface area contributed by atoms with Crippen molar-refractivity contribution in [3.8, 4) is 11.5 Å². The van der Waals surface area contributed by atoms with E-state index < -0.39 is 11.7 Å². The number of methoxy groups -OCH3 is 1. The second kappa shape index (κ2) is 8.09. The van der Waals surface area contributed by atoms with Gasteiger partial charge in [0.15, 0.2) is 0 Å². The molecule has 0 aliphatic rings. The molecular weight excluding hydrogens is 258 g/mol. The van der Waals surface area contributed by atoms with E-state index >= 15 is 0 Å². The van der Waals surface area contributed by atoms with Crippen molar-refractivity contribution < 1.29 is 19.7 Å². The van der Waals surface area contributed by atoms with E-state index in [0.717, 1.165) is 0 Å². The summed E-state index contributed by atoms with van der Waals surface area (Å²) in [6, 6.07) is 7.24. The van der Waals surface area contributed by atoms with Gasteiger partial charge in [0.1, 0.15) is 24.2 Å². The molecule has 0 aliphatic carbocycles. The molecule has 0 fully saturated rings. The fraction of sp³-hybridized carbons (Fsp3) is 0.600. The number of benzene rings is 1. The maximum atomic E-state index is 9.81. The molecule has 5 heteroatoms. The maximum Gasteiger partial charge on any atom is 0.123 e. The number of rotatable bonds is 9. The Bertz CT molecular complexity index is 395. The van der Waals surface area contributed by atoms with Crippen molar-refractivity contribution in [2.24, 2.45) is 0 Å². The molecule has 114 valence electrons. The third-order valence-corrected chi connectivity index (χ3v) is 3.13. The summed E-state index contributed by atoms with van der Waals surface area (Å²) in [5, 5.41) is 22.6. The van der Waals surface area contributed by atoms with Gasteiger partial charge in [0.25, 0.3) is 0 Å². The molecule has 0 saturated carbocycles. The Morgan fingerprint density at radius 3 is 2.70 bits per heavy atom. The summed E-state index contributed by atoms with van der Waals surface area (Å²) in [6.07, 6.45) is 0.0324. The molecule has 2 unspecified atom stereocenters. The number of ether oxygens (including phenoxy) is 2. The van der Waals surface area contributed by atoms with Gasteiger partial charge in [-0.3, -0.25) is 0 Å². The molecule has 0 amide bonds. The van der Waals surface area contributed by atoms with Crippen LogP contribution in [0, 0.1) is 0 Å². The quantitative estimate of drug-likeness (QED) is 0.635. The summed E-state index contributed by atoms with van der Waals surface area (Å²) in [5.41, 5.74) is -0.743. The highest BCUT2D eigenvalue weighted by Crippen LogP contribution is 2.18. The Labute approximate surface area is 120 Å². The van der Waals surface area contributed by atoms with Crippen LogP contribution in [-0.2, 0) is 0 Å². The van der Waals surface area contributed by atoms with E-state index in [0.29, 0.717) is 31.0 Å². The van der Waals surface area contributed by atoms with Crippen LogP contribution >= 0.6 is 0 Å². The van der Waals surface area contributed by atoms with Crippen molar-refractivity contribution in [1.82, 2.24) is 5.32 Å². The molecule has 0 aromatic heterocycles. The monoisotopic (exact) mass is 283 g/mol. The van der Waals surface area contributed by atoms with E-state index in [2.05, 4.69) is 5.32 Å². The Hall–Kier alpha value is -1.30. The molecule has 0 bridgehead atoms. The van der Waals surface area contributed by atoms with Crippen LogP contribution in [0.1, 0.15) is 20.3 Å². The lowest BCUT2D eigenvalue weighted by Gasteiger charge is -2.22. The van der Waals surface area contributed by atoms with Gasteiger partial charge in [0, 0.05) is 19.2 Å². The Balaban J connectivity index is 2.27. The number of aliphatic hydroxyl groups is 2. The van der Waals surface area contributed by atoms with E-state index in [-0.39, 0.29) is 6.61 Å².